The maximum atomic E-state index is 13.1. The van der Waals surface area contributed by atoms with E-state index < -0.39 is 33.5 Å². The van der Waals surface area contributed by atoms with E-state index in [9.17, 15) is 21.6 Å². The molecule has 19 heavy (non-hydrogen) atoms. The number of halogens is 3. The van der Waals surface area contributed by atoms with Crippen LogP contribution in [0.4, 0.5) is 13.2 Å². The zero-order valence-corrected chi connectivity index (χ0v) is 12.0. The summed E-state index contributed by atoms with van der Waals surface area (Å²) >= 11 is 0. The van der Waals surface area contributed by atoms with E-state index in [1.165, 1.54) is 13.8 Å². The van der Waals surface area contributed by atoms with E-state index in [1.807, 2.05) is 0 Å². The summed E-state index contributed by atoms with van der Waals surface area (Å²) in [6.45, 7) is 2.98. The lowest BCUT2D eigenvalue weighted by Crippen LogP contribution is -2.57. The van der Waals surface area contributed by atoms with Gasteiger partial charge < -0.3 is 5.73 Å². The van der Waals surface area contributed by atoms with E-state index in [0.717, 1.165) is 0 Å². The van der Waals surface area contributed by atoms with Crippen LogP contribution in [-0.2, 0) is 10.0 Å². The Morgan fingerprint density at radius 1 is 1.32 bits per heavy atom. The van der Waals surface area contributed by atoms with E-state index in [4.69, 9.17) is 5.73 Å². The van der Waals surface area contributed by atoms with Gasteiger partial charge in [-0.3, -0.25) is 0 Å². The first-order chi connectivity index (χ1) is 8.62. The van der Waals surface area contributed by atoms with Gasteiger partial charge in [0.25, 0.3) is 0 Å². The van der Waals surface area contributed by atoms with Gasteiger partial charge in [-0.2, -0.15) is 17.5 Å². The van der Waals surface area contributed by atoms with Crippen LogP contribution in [0.15, 0.2) is 0 Å². The maximum Gasteiger partial charge on any atom is 0.405 e. The Kier molecular flexibility index (Phi) is 5.25. The third-order valence-electron chi connectivity index (χ3n) is 3.45. The predicted molar refractivity (Wildman–Crippen MR) is 67.0 cm³/mol. The van der Waals surface area contributed by atoms with Crippen molar-refractivity contribution in [1.82, 2.24) is 4.31 Å². The monoisotopic (exact) mass is 302 g/mol. The summed E-state index contributed by atoms with van der Waals surface area (Å²) < 4.78 is 64.3. The minimum atomic E-state index is -4.53. The molecule has 0 amide bonds. The van der Waals surface area contributed by atoms with Gasteiger partial charge in [0, 0.05) is 6.04 Å². The first-order valence-corrected chi connectivity index (χ1v) is 7.91. The van der Waals surface area contributed by atoms with E-state index in [1.54, 1.807) is 0 Å². The van der Waals surface area contributed by atoms with Gasteiger partial charge in [-0.05, 0) is 46.1 Å². The van der Waals surface area contributed by atoms with Crippen molar-refractivity contribution in [2.24, 2.45) is 5.73 Å². The molecule has 2 unspecified atom stereocenters. The van der Waals surface area contributed by atoms with Crippen molar-refractivity contribution in [2.45, 2.75) is 63.0 Å². The number of piperidine rings is 1. The average molecular weight is 302 g/mol. The SMILES string of the molecule is CC(C)S(=O)(=O)N1C(CCN)CCCC1C(F)(F)F. The molecule has 1 saturated heterocycles. The van der Waals surface area contributed by atoms with Crippen LogP contribution < -0.4 is 5.73 Å². The van der Waals surface area contributed by atoms with Crippen molar-refractivity contribution in [3.8, 4) is 0 Å². The molecule has 0 aromatic heterocycles. The summed E-state index contributed by atoms with van der Waals surface area (Å²) in [6.07, 6.45) is -3.63. The fourth-order valence-electron chi connectivity index (χ4n) is 2.46. The highest BCUT2D eigenvalue weighted by Crippen LogP contribution is 2.38. The molecule has 1 aliphatic rings. The van der Waals surface area contributed by atoms with Gasteiger partial charge in [0.15, 0.2) is 0 Å². The zero-order valence-electron chi connectivity index (χ0n) is 11.2. The van der Waals surface area contributed by atoms with Crippen molar-refractivity contribution >= 4 is 10.0 Å². The number of nitrogens with zero attached hydrogens (tertiary/aromatic N) is 1. The molecule has 0 bridgehead atoms. The smallest absolute Gasteiger partial charge is 0.330 e. The Balaban J connectivity index is 3.18. The molecule has 1 aliphatic heterocycles. The molecule has 8 heteroatoms. The first kappa shape index (κ1) is 16.7. The van der Waals surface area contributed by atoms with E-state index in [0.29, 0.717) is 17.1 Å². The molecule has 1 fully saturated rings. The van der Waals surface area contributed by atoms with Crippen LogP contribution in [0.1, 0.15) is 39.5 Å². The van der Waals surface area contributed by atoms with Crippen molar-refractivity contribution < 1.29 is 21.6 Å². The van der Waals surface area contributed by atoms with Crippen molar-refractivity contribution in [3.63, 3.8) is 0 Å². The number of rotatable bonds is 4. The van der Waals surface area contributed by atoms with Gasteiger partial charge in [-0.1, -0.05) is 0 Å². The maximum absolute atomic E-state index is 13.1. The standard InChI is InChI=1S/C11H21F3N2O2S/c1-8(2)19(17,18)16-9(6-7-15)4-3-5-10(16)11(12,13)14/h8-10H,3-7,15H2,1-2H3. The van der Waals surface area contributed by atoms with Crippen LogP contribution in [0.3, 0.4) is 0 Å². The highest BCUT2D eigenvalue weighted by atomic mass is 32.2. The molecule has 0 saturated carbocycles. The number of alkyl halides is 3. The van der Waals surface area contributed by atoms with E-state index in [2.05, 4.69) is 0 Å². The Hall–Kier alpha value is -0.340. The van der Waals surface area contributed by atoms with Crippen molar-refractivity contribution in [3.05, 3.63) is 0 Å². The Morgan fingerprint density at radius 3 is 2.32 bits per heavy atom. The van der Waals surface area contributed by atoms with Gasteiger partial charge in [0.1, 0.15) is 6.04 Å². The lowest BCUT2D eigenvalue weighted by Gasteiger charge is -2.42. The van der Waals surface area contributed by atoms with Crippen LogP contribution in [0.2, 0.25) is 0 Å². The summed E-state index contributed by atoms with van der Waals surface area (Å²) in [4.78, 5) is 0. The lowest BCUT2D eigenvalue weighted by molar-refractivity contribution is -0.183. The van der Waals surface area contributed by atoms with Crippen LogP contribution in [0.5, 0.6) is 0 Å². The third-order valence-corrected chi connectivity index (χ3v) is 5.78. The van der Waals surface area contributed by atoms with E-state index >= 15 is 0 Å². The van der Waals surface area contributed by atoms with Crippen LogP contribution in [0.25, 0.3) is 0 Å². The minimum Gasteiger partial charge on any atom is -0.330 e. The second kappa shape index (κ2) is 5.97. The molecule has 0 aromatic carbocycles. The zero-order chi connectivity index (χ0) is 14.8. The average Bonchev–Trinajstić information content (AvgIpc) is 2.27. The molecule has 1 rings (SSSR count). The number of sulfonamides is 1. The highest BCUT2D eigenvalue weighted by molar-refractivity contribution is 7.89. The minimum absolute atomic E-state index is 0.170. The van der Waals surface area contributed by atoms with Gasteiger partial charge in [0.05, 0.1) is 5.25 Å². The molecule has 2 N–H and O–H groups in total. The Morgan fingerprint density at radius 2 is 1.89 bits per heavy atom. The lowest BCUT2D eigenvalue weighted by atomic mass is 9.96. The number of hydrogen-bond acceptors (Lipinski definition) is 3. The summed E-state index contributed by atoms with van der Waals surface area (Å²) in [5.74, 6) is 0. The fraction of sp³-hybridized carbons (Fsp3) is 1.00. The normalized spacial score (nSPS) is 26.9. The van der Waals surface area contributed by atoms with Gasteiger partial charge in [0.2, 0.25) is 10.0 Å². The van der Waals surface area contributed by atoms with Gasteiger partial charge in [-0.25, -0.2) is 8.42 Å². The quantitative estimate of drug-likeness (QED) is 0.862. The van der Waals surface area contributed by atoms with Crippen LogP contribution >= 0.6 is 0 Å². The summed E-state index contributed by atoms with van der Waals surface area (Å²) in [7, 11) is -3.95. The molecule has 0 radical (unpaired) electrons. The van der Waals surface area contributed by atoms with Crippen LogP contribution in [-0.4, -0.2) is 42.8 Å². The molecule has 2 atom stereocenters. The van der Waals surface area contributed by atoms with Crippen molar-refractivity contribution in [1.29, 1.82) is 0 Å². The molecular weight excluding hydrogens is 281 g/mol. The highest BCUT2D eigenvalue weighted by Gasteiger charge is 2.52. The molecule has 1 heterocycles. The number of nitrogens with two attached hydrogens (primary N) is 1. The Labute approximate surface area is 112 Å². The topological polar surface area (TPSA) is 63.4 Å². The summed E-state index contributed by atoms with van der Waals surface area (Å²) in [6, 6.07) is -2.55. The second-order valence-electron chi connectivity index (χ2n) is 5.14. The van der Waals surface area contributed by atoms with Crippen LogP contribution in [0, 0.1) is 0 Å². The molecular formula is C11H21F3N2O2S. The van der Waals surface area contributed by atoms with Gasteiger partial charge in [-0.15, -0.1) is 0 Å². The van der Waals surface area contributed by atoms with Gasteiger partial charge >= 0.3 is 6.18 Å². The molecule has 0 aromatic rings. The largest absolute Gasteiger partial charge is 0.405 e. The number of hydrogen-bond donors (Lipinski definition) is 1. The third kappa shape index (κ3) is 3.61. The second-order valence-corrected chi connectivity index (χ2v) is 7.54. The molecule has 0 spiro atoms. The van der Waals surface area contributed by atoms with E-state index in [-0.39, 0.29) is 19.4 Å². The fourth-order valence-corrected chi connectivity index (χ4v) is 4.15. The molecule has 114 valence electrons. The van der Waals surface area contributed by atoms with Crippen molar-refractivity contribution in [2.75, 3.05) is 6.54 Å². The first-order valence-electron chi connectivity index (χ1n) is 6.41. The predicted octanol–water partition coefficient (Wildman–Crippen LogP) is 1.86. The molecule has 4 nitrogen and oxygen atoms in total. The Bertz CT molecular complexity index is 393. The molecule has 0 aliphatic carbocycles. The summed E-state index contributed by atoms with van der Waals surface area (Å²) in [5.41, 5.74) is 5.39. The summed E-state index contributed by atoms with van der Waals surface area (Å²) in [5, 5.41) is -0.865.